The lowest BCUT2D eigenvalue weighted by Gasteiger charge is -2.18. The number of nitrogens with zero attached hydrogens (tertiary/aromatic N) is 1. The molecule has 19 heavy (non-hydrogen) atoms. The molecule has 0 aromatic heterocycles. The van der Waals surface area contributed by atoms with Gasteiger partial charge in [0.2, 0.25) is 0 Å². The number of aliphatic carboxylic acids is 1. The Bertz CT molecular complexity index is 442. The van der Waals surface area contributed by atoms with E-state index in [2.05, 4.69) is 5.32 Å². The summed E-state index contributed by atoms with van der Waals surface area (Å²) in [6.45, 7) is 0. The van der Waals surface area contributed by atoms with Crippen LogP contribution < -0.4 is 10.1 Å². The summed E-state index contributed by atoms with van der Waals surface area (Å²) in [5, 5.41) is 11.6. The zero-order chi connectivity index (χ0) is 14.4. The van der Waals surface area contributed by atoms with Crippen LogP contribution in [0.3, 0.4) is 0 Å². The summed E-state index contributed by atoms with van der Waals surface area (Å²) in [5.74, 6) is -0.362. The van der Waals surface area contributed by atoms with Crippen LogP contribution in [0.4, 0.5) is 4.79 Å². The first kappa shape index (κ1) is 14.8. The Balaban J connectivity index is 2.72. The molecule has 0 heterocycles. The number of carboxylic acid groups (broad SMARTS) is 1. The minimum atomic E-state index is -1.06. The van der Waals surface area contributed by atoms with Gasteiger partial charge in [0.1, 0.15) is 11.8 Å². The van der Waals surface area contributed by atoms with Gasteiger partial charge in [0.05, 0.1) is 7.11 Å². The minimum Gasteiger partial charge on any atom is -0.497 e. The Morgan fingerprint density at radius 1 is 1.32 bits per heavy atom. The van der Waals surface area contributed by atoms with E-state index in [0.29, 0.717) is 5.75 Å². The van der Waals surface area contributed by atoms with Crippen LogP contribution in [-0.2, 0) is 11.2 Å². The molecule has 0 aliphatic rings. The number of carbonyl (C=O) groups is 2. The van der Waals surface area contributed by atoms with E-state index in [0.717, 1.165) is 5.56 Å². The lowest BCUT2D eigenvalue weighted by molar-refractivity contribution is -0.139. The van der Waals surface area contributed by atoms with Crippen molar-refractivity contribution in [3.05, 3.63) is 29.8 Å². The van der Waals surface area contributed by atoms with E-state index in [9.17, 15) is 9.59 Å². The van der Waals surface area contributed by atoms with E-state index in [-0.39, 0.29) is 6.42 Å². The van der Waals surface area contributed by atoms with Gasteiger partial charge >= 0.3 is 12.0 Å². The van der Waals surface area contributed by atoms with Gasteiger partial charge in [-0.25, -0.2) is 9.59 Å². The van der Waals surface area contributed by atoms with Crippen LogP contribution in [0.15, 0.2) is 24.3 Å². The smallest absolute Gasteiger partial charge is 0.326 e. The zero-order valence-electron chi connectivity index (χ0n) is 11.2. The number of hydrogen-bond donors (Lipinski definition) is 2. The summed E-state index contributed by atoms with van der Waals surface area (Å²) in [5.41, 5.74) is 0.812. The molecule has 0 aliphatic carbocycles. The average molecular weight is 266 g/mol. The molecule has 0 aliphatic heterocycles. The number of methoxy groups -OCH3 is 1. The van der Waals surface area contributed by atoms with Gasteiger partial charge in [0.25, 0.3) is 0 Å². The van der Waals surface area contributed by atoms with Crippen LogP contribution in [0.5, 0.6) is 5.75 Å². The van der Waals surface area contributed by atoms with Crippen molar-refractivity contribution in [3.8, 4) is 5.75 Å². The van der Waals surface area contributed by atoms with Gasteiger partial charge in [0.15, 0.2) is 0 Å². The molecule has 1 aromatic carbocycles. The van der Waals surface area contributed by atoms with Gasteiger partial charge in [-0.3, -0.25) is 0 Å². The number of rotatable bonds is 5. The number of carbonyl (C=O) groups excluding carboxylic acids is 1. The topological polar surface area (TPSA) is 78.9 Å². The van der Waals surface area contributed by atoms with E-state index in [1.807, 2.05) is 0 Å². The molecule has 2 amide bonds. The second-order valence-corrected chi connectivity index (χ2v) is 4.29. The van der Waals surface area contributed by atoms with Crippen LogP contribution in [0.1, 0.15) is 5.56 Å². The van der Waals surface area contributed by atoms with Crippen molar-refractivity contribution in [1.82, 2.24) is 10.2 Å². The maximum Gasteiger partial charge on any atom is 0.326 e. The molecular formula is C13H18N2O4. The molecule has 0 radical (unpaired) electrons. The predicted octanol–water partition coefficient (Wildman–Crippen LogP) is 0.962. The van der Waals surface area contributed by atoms with Crippen molar-refractivity contribution < 1.29 is 19.4 Å². The van der Waals surface area contributed by atoms with E-state index < -0.39 is 18.0 Å². The van der Waals surface area contributed by atoms with Crippen LogP contribution >= 0.6 is 0 Å². The third-order valence-electron chi connectivity index (χ3n) is 2.60. The molecule has 0 saturated heterocycles. The molecule has 104 valence electrons. The molecule has 1 atom stereocenters. The Hall–Kier alpha value is -2.24. The molecule has 6 heteroatoms. The van der Waals surface area contributed by atoms with Crippen molar-refractivity contribution in [2.24, 2.45) is 0 Å². The highest BCUT2D eigenvalue weighted by molar-refractivity contribution is 5.82. The Morgan fingerprint density at radius 3 is 2.32 bits per heavy atom. The average Bonchev–Trinajstić information content (AvgIpc) is 2.38. The minimum absolute atomic E-state index is 0.221. The Morgan fingerprint density at radius 2 is 1.89 bits per heavy atom. The molecule has 0 spiro atoms. The predicted molar refractivity (Wildman–Crippen MR) is 70.3 cm³/mol. The summed E-state index contributed by atoms with van der Waals surface area (Å²) in [4.78, 5) is 23.9. The molecular weight excluding hydrogens is 248 g/mol. The third-order valence-corrected chi connectivity index (χ3v) is 2.60. The molecule has 1 aromatic rings. The fourth-order valence-corrected chi connectivity index (χ4v) is 1.48. The van der Waals surface area contributed by atoms with Gasteiger partial charge in [-0.1, -0.05) is 12.1 Å². The van der Waals surface area contributed by atoms with Gasteiger partial charge in [-0.15, -0.1) is 0 Å². The van der Waals surface area contributed by atoms with E-state index in [1.54, 1.807) is 45.5 Å². The summed E-state index contributed by atoms with van der Waals surface area (Å²) in [6.07, 6.45) is 0.221. The SMILES string of the molecule is COc1ccc(C[C@H](NC(=O)N(C)C)C(=O)O)cc1. The highest BCUT2D eigenvalue weighted by Gasteiger charge is 2.21. The highest BCUT2D eigenvalue weighted by atomic mass is 16.5. The first-order valence-electron chi connectivity index (χ1n) is 5.77. The second-order valence-electron chi connectivity index (χ2n) is 4.29. The van der Waals surface area contributed by atoms with Crippen LogP contribution in [0.2, 0.25) is 0 Å². The maximum absolute atomic E-state index is 11.5. The molecule has 6 nitrogen and oxygen atoms in total. The molecule has 0 fully saturated rings. The van der Waals surface area contributed by atoms with Crippen LogP contribution in [-0.4, -0.2) is 49.3 Å². The number of nitrogens with one attached hydrogen (secondary N) is 1. The van der Waals surface area contributed by atoms with Crippen molar-refractivity contribution >= 4 is 12.0 Å². The first-order valence-corrected chi connectivity index (χ1v) is 5.77. The van der Waals surface area contributed by atoms with Gasteiger partial charge in [0, 0.05) is 20.5 Å². The molecule has 1 rings (SSSR count). The molecule has 0 unspecified atom stereocenters. The largest absolute Gasteiger partial charge is 0.497 e. The van der Waals surface area contributed by atoms with Gasteiger partial charge in [-0.05, 0) is 17.7 Å². The van der Waals surface area contributed by atoms with Crippen molar-refractivity contribution in [3.63, 3.8) is 0 Å². The number of benzene rings is 1. The monoisotopic (exact) mass is 266 g/mol. The number of ether oxygens (including phenoxy) is 1. The maximum atomic E-state index is 11.5. The van der Waals surface area contributed by atoms with E-state index >= 15 is 0 Å². The molecule has 0 bridgehead atoms. The summed E-state index contributed by atoms with van der Waals surface area (Å²) in [7, 11) is 4.68. The van der Waals surface area contributed by atoms with E-state index in [4.69, 9.17) is 9.84 Å². The third kappa shape index (κ3) is 4.50. The Labute approximate surface area is 112 Å². The van der Waals surface area contributed by atoms with Gasteiger partial charge < -0.3 is 20.1 Å². The quantitative estimate of drug-likeness (QED) is 0.832. The van der Waals surface area contributed by atoms with Crippen LogP contribution in [0.25, 0.3) is 0 Å². The van der Waals surface area contributed by atoms with Crippen LogP contribution in [0, 0.1) is 0 Å². The second kappa shape index (κ2) is 6.63. The summed E-state index contributed by atoms with van der Waals surface area (Å²) >= 11 is 0. The lowest BCUT2D eigenvalue weighted by Crippen LogP contribution is -2.46. The lowest BCUT2D eigenvalue weighted by atomic mass is 10.1. The number of hydrogen-bond acceptors (Lipinski definition) is 3. The Kier molecular flexibility index (Phi) is 5.17. The first-order chi connectivity index (χ1) is 8.93. The van der Waals surface area contributed by atoms with Crippen molar-refractivity contribution in [2.75, 3.05) is 21.2 Å². The van der Waals surface area contributed by atoms with Crippen molar-refractivity contribution in [2.45, 2.75) is 12.5 Å². The fraction of sp³-hybridized carbons (Fsp3) is 0.385. The fourth-order valence-electron chi connectivity index (χ4n) is 1.48. The van der Waals surface area contributed by atoms with Crippen molar-refractivity contribution in [1.29, 1.82) is 0 Å². The standard InChI is InChI=1S/C13H18N2O4/c1-15(2)13(18)14-11(12(16)17)8-9-4-6-10(19-3)7-5-9/h4-7,11H,8H2,1-3H3,(H,14,18)(H,16,17)/t11-/m0/s1. The zero-order valence-corrected chi connectivity index (χ0v) is 11.2. The summed E-state index contributed by atoms with van der Waals surface area (Å²) in [6, 6.07) is 5.67. The highest BCUT2D eigenvalue weighted by Crippen LogP contribution is 2.12. The normalized spacial score (nSPS) is 11.5. The molecule has 0 saturated carbocycles. The number of amides is 2. The number of urea groups is 1. The van der Waals surface area contributed by atoms with E-state index in [1.165, 1.54) is 4.90 Å². The number of carboxylic acids is 1. The molecule has 2 N–H and O–H groups in total. The van der Waals surface area contributed by atoms with Gasteiger partial charge in [-0.2, -0.15) is 0 Å². The summed E-state index contributed by atoms with van der Waals surface area (Å²) < 4.78 is 5.02.